The SMILES string of the molecule is COc1ccc(CNCCCC2CCCCC2O)c(OC)c1. The summed E-state index contributed by atoms with van der Waals surface area (Å²) in [5, 5.41) is 13.4. The van der Waals surface area contributed by atoms with E-state index >= 15 is 0 Å². The van der Waals surface area contributed by atoms with Crippen molar-refractivity contribution in [3.05, 3.63) is 23.8 Å². The number of hydrogen-bond acceptors (Lipinski definition) is 4. The van der Waals surface area contributed by atoms with Gasteiger partial charge in [-0.05, 0) is 44.2 Å². The van der Waals surface area contributed by atoms with Crippen molar-refractivity contribution in [3.8, 4) is 11.5 Å². The third-order valence-electron chi connectivity index (χ3n) is 4.61. The van der Waals surface area contributed by atoms with Gasteiger partial charge in [0, 0.05) is 18.2 Å². The Balaban J connectivity index is 1.70. The van der Waals surface area contributed by atoms with Crippen LogP contribution in [-0.4, -0.2) is 32.0 Å². The van der Waals surface area contributed by atoms with Crippen LogP contribution in [0.5, 0.6) is 11.5 Å². The molecule has 0 bridgehead atoms. The van der Waals surface area contributed by atoms with Crippen molar-refractivity contribution in [3.63, 3.8) is 0 Å². The zero-order valence-corrected chi connectivity index (χ0v) is 13.8. The zero-order chi connectivity index (χ0) is 15.8. The van der Waals surface area contributed by atoms with Gasteiger partial charge in [0.2, 0.25) is 0 Å². The van der Waals surface area contributed by atoms with Gasteiger partial charge in [0.15, 0.2) is 0 Å². The number of rotatable bonds is 8. The van der Waals surface area contributed by atoms with E-state index in [2.05, 4.69) is 5.32 Å². The summed E-state index contributed by atoms with van der Waals surface area (Å²) in [7, 11) is 3.34. The highest BCUT2D eigenvalue weighted by molar-refractivity contribution is 5.40. The molecule has 2 atom stereocenters. The van der Waals surface area contributed by atoms with Crippen molar-refractivity contribution in [2.45, 2.75) is 51.2 Å². The molecule has 2 unspecified atom stereocenters. The predicted molar refractivity (Wildman–Crippen MR) is 88.5 cm³/mol. The molecule has 0 saturated heterocycles. The second-order valence-electron chi connectivity index (χ2n) is 6.11. The number of hydrogen-bond donors (Lipinski definition) is 2. The summed E-state index contributed by atoms with van der Waals surface area (Å²) in [6, 6.07) is 5.91. The topological polar surface area (TPSA) is 50.7 Å². The van der Waals surface area contributed by atoms with E-state index in [0.717, 1.165) is 49.4 Å². The van der Waals surface area contributed by atoms with Crippen LogP contribution in [0.4, 0.5) is 0 Å². The van der Waals surface area contributed by atoms with Crippen LogP contribution in [0.25, 0.3) is 0 Å². The van der Waals surface area contributed by atoms with Crippen LogP contribution in [0.15, 0.2) is 18.2 Å². The molecule has 1 fully saturated rings. The van der Waals surface area contributed by atoms with Crippen LogP contribution in [0.3, 0.4) is 0 Å². The van der Waals surface area contributed by atoms with Crippen molar-refractivity contribution >= 4 is 0 Å². The maximum Gasteiger partial charge on any atom is 0.127 e. The Hall–Kier alpha value is -1.26. The molecule has 2 N–H and O–H groups in total. The van der Waals surface area contributed by atoms with Crippen molar-refractivity contribution in [1.29, 1.82) is 0 Å². The van der Waals surface area contributed by atoms with E-state index in [1.54, 1.807) is 14.2 Å². The zero-order valence-electron chi connectivity index (χ0n) is 13.8. The maximum absolute atomic E-state index is 9.97. The van der Waals surface area contributed by atoms with E-state index in [0.29, 0.717) is 5.92 Å². The standard InChI is InChI=1S/C18H29NO3/c1-21-16-10-9-15(18(12-16)22-2)13-19-11-5-7-14-6-3-4-8-17(14)20/h9-10,12,14,17,19-20H,3-8,11,13H2,1-2H3. The van der Waals surface area contributed by atoms with Crippen molar-refractivity contribution in [2.75, 3.05) is 20.8 Å². The highest BCUT2D eigenvalue weighted by Crippen LogP contribution is 2.28. The molecule has 1 aliphatic rings. The Morgan fingerprint density at radius 3 is 2.73 bits per heavy atom. The largest absolute Gasteiger partial charge is 0.497 e. The summed E-state index contributed by atoms with van der Waals surface area (Å²) in [4.78, 5) is 0. The second kappa shape index (κ2) is 9.01. The quantitative estimate of drug-likeness (QED) is 0.725. The van der Waals surface area contributed by atoms with Gasteiger partial charge >= 0.3 is 0 Å². The molecule has 0 spiro atoms. The summed E-state index contributed by atoms with van der Waals surface area (Å²) in [6.45, 7) is 1.76. The summed E-state index contributed by atoms with van der Waals surface area (Å²) in [6.07, 6.45) is 6.80. The van der Waals surface area contributed by atoms with Gasteiger partial charge < -0.3 is 19.9 Å². The smallest absolute Gasteiger partial charge is 0.127 e. The van der Waals surface area contributed by atoms with Gasteiger partial charge in [0.1, 0.15) is 11.5 Å². The highest BCUT2D eigenvalue weighted by Gasteiger charge is 2.22. The fourth-order valence-corrected chi connectivity index (χ4v) is 3.24. The van der Waals surface area contributed by atoms with E-state index < -0.39 is 0 Å². The van der Waals surface area contributed by atoms with E-state index in [-0.39, 0.29) is 6.10 Å². The number of aliphatic hydroxyl groups excluding tert-OH is 1. The number of aliphatic hydroxyl groups is 1. The van der Waals surface area contributed by atoms with E-state index in [1.165, 1.54) is 19.3 Å². The monoisotopic (exact) mass is 307 g/mol. The van der Waals surface area contributed by atoms with Crippen LogP contribution in [0, 0.1) is 5.92 Å². The molecule has 0 heterocycles. The third-order valence-corrected chi connectivity index (χ3v) is 4.61. The first-order valence-electron chi connectivity index (χ1n) is 8.34. The minimum absolute atomic E-state index is 0.0737. The second-order valence-corrected chi connectivity index (χ2v) is 6.11. The van der Waals surface area contributed by atoms with E-state index in [1.807, 2.05) is 18.2 Å². The van der Waals surface area contributed by atoms with Gasteiger partial charge in [0.05, 0.1) is 20.3 Å². The van der Waals surface area contributed by atoms with Crippen LogP contribution in [0.2, 0.25) is 0 Å². The highest BCUT2D eigenvalue weighted by atomic mass is 16.5. The first-order chi connectivity index (χ1) is 10.7. The van der Waals surface area contributed by atoms with Crippen LogP contribution in [0.1, 0.15) is 44.1 Å². The Labute approximate surface area is 133 Å². The van der Waals surface area contributed by atoms with Crippen molar-refractivity contribution in [2.24, 2.45) is 5.92 Å². The maximum atomic E-state index is 9.97. The van der Waals surface area contributed by atoms with Gasteiger partial charge in [-0.1, -0.05) is 18.9 Å². The molecule has 22 heavy (non-hydrogen) atoms. The van der Waals surface area contributed by atoms with Gasteiger partial charge in [-0.2, -0.15) is 0 Å². The number of nitrogens with one attached hydrogen (secondary N) is 1. The molecule has 4 nitrogen and oxygen atoms in total. The predicted octanol–water partition coefficient (Wildman–Crippen LogP) is 3.12. The Bertz CT molecular complexity index is 450. The molecular formula is C18H29NO3. The number of benzene rings is 1. The molecule has 4 heteroatoms. The Morgan fingerprint density at radius 1 is 1.18 bits per heavy atom. The molecule has 0 amide bonds. The van der Waals surface area contributed by atoms with E-state index in [9.17, 15) is 5.11 Å². The minimum Gasteiger partial charge on any atom is -0.497 e. The van der Waals surface area contributed by atoms with E-state index in [4.69, 9.17) is 9.47 Å². The molecule has 0 aromatic heterocycles. The lowest BCUT2D eigenvalue weighted by atomic mass is 9.83. The molecule has 1 aromatic carbocycles. The van der Waals surface area contributed by atoms with Gasteiger partial charge in [0.25, 0.3) is 0 Å². The Morgan fingerprint density at radius 2 is 2.00 bits per heavy atom. The van der Waals surface area contributed by atoms with Gasteiger partial charge in [-0.15, -0.1) is 0 Å². The normalized spacial score (nSPS) is 21.6. The summed E-state index contributed by atoms with van der Waals surface area (Å²) < 4.78 is 10.6. The van der Waals surface area contributed by atoms with Gasteiger partial charge in [-0.25, -0.2) is 0 Å². The lowest BCUT2D eigenvalue weighted by Gasteiger charge is -2.27. The van der Waals surface area contributed by atoms with Crippen molar-refractivity contribution in [1.82, 2.24) is 5.32 Å². The summed E-state index contributed by atoms with van der Waals surface area (Å²) in [5.74, 6) is 2.17. The molecule has 2 rings (SSSR count). The Kier molecular flexibility index (Phi) is 7.00. The minimum atomic E-state index is -0.0737. The molecule has 0 radical (unpaired) electrons. The van der Waals surface area contributed by atoms with Crippen LogP contribution >= 0.6 is 0 Å². The number of methoxy groups -OCH3 is 2. The fraction of sp³-hybridized carbons (Fsp3) is 0.667. The average molecular weight is 307 g/mol. The first-order valence-corrected chi connectivity index (χ1v) is 8.34. The molecule has 1 saturated carbocycles. The van der Waals surface area contributed by atoms with Crippen LogP contribution in [-0.2, 0) is 6.54 Å². The first kappa shape index (κ1) is 17.1. The summed E-state index contributed by atoms with van der Waals surface area (Å²) >= 11 is 0. The average Bonchev–Trinajstić information content (AvgIpc) is 2.56. The number of ether oxygens (including phenoxy) is 2. The lowest BCUT2D eigenvalue weighted by molar-refractivity contribution is 0.0643. The fourth-order valence-electron chi connectivity index (χ4n) is 3.24. The molecular weight excluding hydrogens is 278 g/mol. The molecule has 1 aromatic rings. The molecule has 124 valence electrons. The van der Waals surface area contributed by atoms with Crippen LogP contribution < -0.4 is 14.8 Å². The molecule has 0 aliphatic heterocycles. The van der Waals surface area contributed by atoms with Gasteiger partial charge in [-0.3, -0.25) is 0 Å². The lowest BCUT2D eigenvalue weighted by Crippen LogP contribution is -2.25. The summed E-state index contributed by atoms with van der Waals surface area (Å²) in [5.41, 5.74) is 1.14. The third kappa shape index (κ3) is 4.89. The van der Waals surface area contributed by atoms with Crippen molar-refractivity contribution < 1.29 is 14.6 Å². The molecule has 1 aliphatic carbocycles.